The van der Waals surface area contributed by atoms with Crippen LogP contribution < -0.4 is 4.98 Å². The number of rotatable bonds is 4. The second kappa shape index (κ2) is 12.5. The van der Waals surface area contributed by atoms with Crippen molar-refractivity contribution in [3.63, 3.8) is 0 Å². The van der Waals surface area contributed by atoms with Gasteiger partial charge in [0.15, 0.2) is 0 Å². The Morgan fingerprint density at radius 1 is 1.43 bits per heavy atom. The standard InChI is InChI=1S/C10H13N3O3.2C2H6.Pd/c14-9-8(10(15)16)2-4-13(9)3-1-7-5-11-6-12-7;2*1-2;/h5-6,8H,1-4H2,(H2,11,12,15,16);2*1-2H3;/p-1. The molecule has 1 aliphatic rings. The topological polar surface area (TPSA) is 84.6 Å². The van der Waals surface area contributed by atoms with Crippen LogP contribution in [-0.4, -0.2) is 40.0 Å². The number of aliphatic carboxylic acids is 1. The molecule has 1 aromatic heterocycles. The first-order chi connectivity index (χ1) is 9.68. The van der Waals surface area contributed by atoms with Gasteiger partial charge in [-0.05, 0) is 12.8 Å². The minimum atomic E-state index is -1.03. The Balaban J connectivity index is 0. The molecule has 1 saturated heterocycles. The molecular weight excluding hydrogens is 365 g/mol. The van der Waals surface area contributed by atoms with E-state index in [4.69, 9.17) is 5.11 Å². The molecule has 6 nitrogen and oxygen atoms in total. The Morgan fingerprint density at radius 3 is 2.48 bits per heavy atom. The van der Waals surface area contributed by atoms with E-state index in [0.717, 1.165) is 5.69 Å². The molecule has 21 heavy (non-hydrogen) atoms. The van der Waals surface area contributed by atoms with Gasteiger partial charge >= 0.3 is 5.97 Å². The smallest absolute Gasteiger partial charge is 0.316 e. The number of amides is 1. The van der Waals surface area contributed by atoms with Crippen LogP contribution in [0.3, 0.4) is 0 Å². The van der Waals surface area contributed by atoms with E-state index in [9.17, 15) is 9.59 Å². The fraction of sp³-hybridized carbons (Fsp3) is 0.643. The van der Waals surface area contributed by atoms with Gasteiger partial charge in [0, 0.05) is 33.5 Å². The van der Waals surface area contributed by atoms with Gasteiger partial charge in [-0.1, -0.05) is 45.9 Å². The minimum absolute atomic E-state index is 0. The first-order valence-electron chi connectivity index (χ1n) is 7.11. The Morgan fingerprint density at radius 2 is 2.05 bits per heavy atom. The molecule has 0 radical (unpaired) electrons. The van der Waals surface area contributed by atoms with E-state index in [1.807, 2.05) is 27.7 Å². The van der Waals surface area contributed by atoms with Crippen molar-refractivity contribution in [2.75, 3.05) is 13.1 Å². The molecule has 1 amide bonds. The van der Waals surface area contributed by atoms with Gasteiger partial charge in [-0.2, -0.15) is 0 Å². The summed E-state index contributed by atoms with van der Waals surface area (Å²) in [6.45, 7) is 9.03. The van der Waals surface area contributed by atoms with Crippen LogP contribution in [0, 0.1) is 5.92 Å². The molecule has 0 aromatic carbocycles. The fourth-order valence-corrected chi connectivity index (χ4v) is 1.83. The van der Waals surface area contributed by atoms with Gasteiger partial charge in [-0.15, -0.1) is 0 Å². The predicted molar refractivity (Wildman–Crippen MR) is 76.3 cm³/mol. The predicted octanol–water partition coefficient (Wildman–Crippen LogP) is 1.56. The summed E-state index contributed by atoms with van der Waals surface area (Å²) in [7, 11) is 0. The van der Waals surface area contributed by atoms with Crippen LogP contribution in [-0.2, 0) is 36.4 Å². The number of carboxylic acids is 1. The number of aromatic nitrogens is 2. The van der Waals surface area contributed by atoms with Crippen molar-refractivity contribution in [1.82, 2.24) is 14.9 Å². The molecule has 0 saturated carbocycles. The van der Waals surface area contributed by atoms with Crippen LogP contribution in [0.1, 0.15) is 39.8 Å². The van der Waals surface area contributed by atoms with E-state index in [0.29, 0.717) is 25.9 Å². The first kappa shape index (κ1) is 22.1. The third-order valence-corrected chi connectivity index (χ3v) is 2.75. The minimum Gasteiger partial charge on any atom is -0.481 e. The molecule has 2 heterocycles. The van der Waals surface area contributed by atoms with Gasteiger partial charge in [0.1, 0.15) is 5.92 Å². The van der Waals surface area contributed by atoms with Crippen molar-refractivity contribution in [2.24, 2.45) is 5.92 Å². The van der Waals surface area contributed by atoms with Crippen LogP contribution in [0.5, 0.6) is 0 Å². The molecule has 1 fully saturated rings. The number of carbonyl (C=O) groups excluding carboxylic acids is 1. The number of likely N-dealkylation sites (tertiary alicyclic amines) is 1. The molecule has 2 rings (SSSR count). The molecule has 0 aliphatic carbocycles. The van der Waals surface area contributed by atoms with Gasteiger partial charge < -0.3 is 20.0 Å². The number of hydrogen-bond donors (Lipinski definition) is 1. The van der Waals surface area contributed by atoms with E-state index in [-0.39, 0.29) is 26.3 Å². The molecule has 1 unspecified atom stereocenters. The number of carboxylic acid groups (broad SMARTS) is 1. The largest absolute Gasteiger partial charge is 0.481 e. The van der Waals surface area contributed by atoms with Crippen molar-refractivity contribution in [3.8, 4) is 0 Å². The SMILES string of the molecule is CC.CC.O=C(O)C1CCN(CCc2cnc[n-]2)C1=O.[Pd]. The molecule has 1 aromatic rings. The Hall–Kier alpha value is -1.19. The number of nitrogens with zero attached hydrogens (tertiary/aromatic N) is 3. The van der Waals surface area contributed by atoms with E-state index >= 15 is 0 Å². The van der Waals surface area contributed by atoms with E-state index in [1.165, 1.54) is 6.33 Å². The first-order valence-corrected chi connectivity index (χ1v) is 7.11. The van der Waals surface area contributed by atoms with Gasteiger partial charge in [0.25, 0.3) is 0 Å². The Bertz CT molecular complexity index is 396. The van der Waals surface area contributed by atoms with Gasteiger partial charge in [-0.25, -0.2) is 0 Å². The Kier molecular flexibility index (Phi) is 13.2. The molecule has 1 N–H and O–H groups in total. The summed E-state index contributed by atoms with van der Waals surface area (Å²) in [5.74, 6) is -2.17. The fourth-order valence-electron chi connectivity index (χ4n) is 1.83. The van der Waals surface area contributed by atoms with Gasteiger partial charge in [0.05, 0.1) is 0 Å². The average Bonchev–Trinajstić information content (AvgIpc) is 3.10. The maximum absolute atomic E-state index is 11.6. The second-order valence-electron chi connectivity index (χ2n) is 3.77. The number of hydrogen-bond acceptors (Lipinski definition) is 3. The number of carbonyl (C=O) groups is 2. The van der Waals surface area contributed by atoms with Crippen LogP contribution in [0.4, 0.5) is 0 Å². The van der Waals surface area contributed by atoms with Gasteiger partial charge in [0.2, 0.25) is 5.91 Å². The summed E-state index contributed by atoms with van der Waals surface area (Å²) in [6, 6.07) is 0. The van der Waals surface area contributed by atoms with Crippen molar-refractivity contribution in [2.45, 2.75) is 40.5 Å². The zero-order chi connectivity index (χ0) is 15.5. The van der Waals surface area contributed by atoms with Crippen LogP contribution in [0.25, 0.3) is 0 Å². The maximum Gasteiger partial charge on any atom is 0.316 e. The van der Waals surface area contributed by atoms with Crippen LogP contribution in [0.15, 0.2) is 12.5 Å². The quantitative estimate of drug-likeness (QED) is 0.625. The van der Waals surface area contributed by atoms with Crippen LogP contribution >= 0.6 is 0 Å². The van der Waals surface area contributed by atoms with Crippen LogP contribution in [0.2, 0.25) is 0 Å². The zero-order valence-corrected chi connectivity index (χ0v) is 14.5. The van der Waals surface area contributed by atoms with E-state index in [1.54, 1.807) is 11.1 Å². The second-order valence-corrected chi connectivity index (χ2v) is 3.77. The summed E-state index contributed by atoms with van der Waals surface area (Å²) < 4.78 is 0. The molecule has 0 spiro atoms. The van der Waals surface area contributed by atoms with Crippen molar-refractivity contribution in [3.05, 3.63) is 18.2 Å². The maximum atomic E-state index is 11.6. The normalized spacial score (nSPS) is 16.1. The summed E-state index contributed by atoms with van der Waals surface area (Å²) in [5.41, 5.74) is 0.826. The van der Waals surface area contributed by atoms with E-state index in [2.05, 4.69) is 9.97 Å². The summed E-state index contributed by atoms with van der Waals surface area (Å²) in [4.78, 5) is 31.7. The molecule has 1 aliphatic heterocycles. The van der Waals surface area contributed by atoms with Crippen molar-refractivity contribution in [1.29, 1.82) is 0 Å². The summed E-state index contributed by atoms with van der Waals surface area (Å²) in [6.07, 6.45) is 4.13. The number of imidazole rings is 1. The Labute approximate surface area is 140 Å². The molecule has 124 valence electrons. The molecule has 1 atom stereocenters. The molecule has 7 heteroatoms. The molecule has 0 bridgehead atoms. The van der Waals surface area contributed by atoms with Crippen molar-refractivity contribution >= 4 is 11.9 Å². The van der Waals surface area contributed by atoms with Crippen molar-refractivity contribution < 1.29 is 35.1 Å². The van der Waals surface area contributed by atoms with E-state index < -0.39 is 11.9 Å². The third-order valence-electron chi connectivity index (χ3n) is 2.75. The third kappa shape index (κ3) is 6.87. The van der Waals surface area contributed by atoms with Gasteiger partial charge in [-0.3, -0.25) is 9.59 Å². The summed E-state index contributed by atoms with van der Waals surface area (Å²) in [5, 5.41) is 8.78. The summed E-state index contributed by atoms with van der Waals surface area (Å²) >= 11 is 0. The average molecular weight is 389 g/mol. The monoisotopic (exact) mass is 388 g/mol. The zero-order valence-electron chi connectivity index (χ0n) is 13.0. The molecular formula is C14H24N3O3Pd-.